The molecule has 0 unspecified atom stereocenters. The van der Waals surface area contributed by atoms with Gasteiger partial charge in [-0.15, -0.1) is 0 Å². The van der Waals surface area contributed by atoms with Crippen molar-refractivity contribution in [3.8, 4) is 0 Å². The van der Waals surface area contributed by atoms with Crippen LogP contribution in [0.2, 0.25) is 0 Å². The minimum atomic E-state index is -1.18. The van der Waals surface area contributed by atoms with Crippen molar-refractivity contribution in [3.05, 3.63) is 96.5 Å². The summed E-state index contributed by atoms with van der Waals surface area (Å²) in [6, 6.07) is 0. The van der Waals surface area contributed by atoms with Crippen molar-refractivity contribution in [2.75, 3.05) is 13.7 Å². The molecular formula is C40H44N4O6. The van der Waals surface area contributed by atoms with Crippen molar-refractivity contribution in [2.45, 2.75) is 60.8 Å². The van der Waals surface area contributed by atoms with Crippen molar-refractivity contribution in [3.63, 3.8) is 0 Å². The van der Waals surface area contributed by atoms with Crippen LogP contribution in [0.15, 0.2) is 29.6 Å². The van der Waals surface area contributed by atoms with Gasteiger partial charge in [0.2, 0.25) is 0 Å². The van der Waals surface area contributed by atoms with Crippen molar-refractivity contribution in [1.29, 1.82) is 0 Å². The maximum absolute atomic E-state index is 14.2. The molecule has 5 heterocycles. The van der Waals surface area contributed by atoms with Gasteiger partial charge in [-0.05, 0) is 81.5 Å². The van der Waals surface area contributed by atoms with Gasteiger partial charge in [0.1, 0.15) is 12.5 Å². The first-order valence-electron chi connectivity index (χ1n) is 17.0. The fraction of sp³-hybridized carbons (Fsp3) is 0.350. The zero-order valence-electron chi connectivity index (χ0n) is 29.7. The quantitative estimate of drug-likeness (QED) is 0.106. The maximum Gasteiger partial charge on any atom is 0.321 e. The molecule has 0 amide bonds. The Morgan fingerprint density at radius 2 is 1.70 bits per heavy atom. The molecule has 0 aromatic carbocycles. The number of aromatic nitrogens is 3. The number of carbonyl (C=O) groups is 4. The summed E-state index contributed by atoms with van der Waals surface area (Å²) in [5, 5.41) is 5.02. The lowest BCUT2D eigenvalue weighted by Gasteiger charge is -2.19. The molecule has 6 rings (SSSR count). The standard InChI is InChI=1S/C40H44N4O6/c1-9-23-20(5)27-15-28-21(6)25(11-12-33(46)50-14-13-19(3)4)37(43-28)35-36(40(48)49-8)39(47)34-22(7)29(44-38(34)35)16-31-24(10-2)26(18-45)32(42-31)17-30(23)41-27/h9,13,15-18,21,25,36,41-44H,1,10-12,14H2,2-8H3/b28-15-,31-16-,32-17-,37-35-/t21-,25-,36+/m0/s1. The second kappa shape index (κ2) is 13.5. The number of nitrogens with one attached hydrogen (secondary N) is 4. The van der Waals surface area contributed by atoms with E-state index in [0.29, 0.717) is 57.5 Å². The van der Waals surface area contributed by atoms with E-state index in [2.05, 4.69) is 33.8 Å². The molecule has 50 heavy (non-hydrogen) atoms. The van der Waals surface area contributed by atoms with Gasteiger partial charge >= 0.3 is 11.9 Å². The first-order chi connectivity index (χ1) is 23.9. The largest absolute Gasteiger partial charge is 0.468 e. The highest BCUT2D eigenvalue weighted by molar-refractivity contribution is 6.24. The van der Waals surface area contributed by atoms with E-state index in [-0.39, 0.29) is 36.6 Å². The van der Waals surface area contributed by atoms with E-state index in [1.807, 2.05) is 58.9 Å². The third kappa shape index (κ3) is 5.72. The molecule has 4 N–H and O–H groups in total. The van der Waals surface area contributed by atoms with Crippen molar-refractivity contribution >= 4 is 53.9 Å². The van der Waals surface area contributed by atoms with E-state index >= 15 is 0 Å². The summed E-state index contributed by atoms with van der Waals surface area (Å²) in [6.45, 7) is 16.1. The van der Waals surface area contributed by atoms with Crippen LogP contribution < -0.4 is 16.0 Å². The molecule has 8 bridgehead atoms. The van der Waals surface area contributed by atoms with Gasteiger partial charge in [0.15, 0.2) is 12.1 Å². The fourth-order valence-electron chi connectivity index (χ4n) is 7.59. The second-order valence-corrected chi connectivity index (χ2v) is 13.5. The number of Topliss-reactive ketones (excluding diaryl/α,β-unsaturated/α-hetero) is 1. The summed E-state index contributed by atoms with van der Waals surface area (Å²) in [4.78, 5) is 63.5. The minimum Gasteiger partial charge on any atom is -0.468 e. The zero-order chi connectivity index (χ0) is 36.0. The predicted molar refractivity (Wildman–Crippen MR) is 193 cm³/mol. The normalized spacial score (nSPS) is 22.7. The van der Waals surface area contributed by atoms with Crippen molar-refractivity contribution in [1.82, 2.24) is 20.3 Å². The number of fused-ring (bicyclic) bond motifs is 7. The average molecular weight is 677 g/mol. The molecule has 2 aliphatic heterocycles. The van der Waals surface area contributed by atoms with Crippen LogP contribution in [0.25, 0.3) is 29.9 Å². The van der Waals surface area contributed by atoms with Crippen molar-refractivity contribution < 1.29 is 28.7 Å². The van der Waals surface area contributed by atoms with Crippen LogP contribution in [0.5, 0.6) is 0 Å². The third-order valence-corrected chi connectivity index (χ3v) is 10.4. The van der Waals surface area contributed by atoms with Crippen molar-refractivity contribution in [2.24, 2.45) is 17.8 Å². The van der Waals surface area contributed by atoms with Gasteiger partial charge in [-0.1, -0.05) is 32.1 Å². The Morgan fingerprint density at radius 1 is 0.980 bits per heavy atom. The molecule has 3 atom stereocenters. The van der Waals surface area contributed by atoms with E-state index in [1.165, 1.54) is 7.11 Å². The molecule has 3 aromatic rings. The molecule has 0 spiro atoms. The van der Waals surface area contributed by atoms with E-state index in [1.54, 1.807) is 6.08 Å². The zero-order valence-corrected chi connectivity index (χ0v) is 29.7. The SMILES string of the molecule is C=Cc1c2[nH]c(c1C)/C=C1\N/C(=C3\c4[nH]c(c(C)c4C(=O)[C@@H]3C(=O)OC)/C=c3\[nH]/c(c(C=O)c3CC)=C\2)[C@@H](CCC(=O)OCC=C(C)C)[C@@H]1C. The fourth-order valence-corrected chi connectivity index (χ4v) is 7.59. The summed E-state index contributed by atoms with van der Waals surface area (Å²) >= 11 is 0. The van der Waals surface area contributed by atoms with Crippen LogP contribution in [-0.2, 0) is 25.5 Å². The number of ketones is 1. The Kier molecular flexibility index (Phi) is 9.31. The Balaban J connectivity index is 1.63. The smallest absolute Gasteiger partial charge is 0.321 e. The molecular weight excluding hydrogens is 632 g/mol. The summed E-state index contributed by atoms with van der Waals surface area (Å²) in [6.07, 6.45) is 11.6. The third-order valence-electron chi connectivity index (χ3n) is 10.4. The highest BCUT2D eigenvalue weighted by atomic mass is 16.5. The van der Waals surface area contributed by atoms with Gasteiger partial charge in [-0.25, -0.2) is 0 Å². The molecule has 1 aliphatic carbocycles. The number of rotatable bonds is 9. The Bertz CT molecular complexity index is 2180. The molecule has 10 heteroatoms. The lowest BCUT2D eigenvalue weighted by Crippen LogP contribution is -2.25. The van der Waals surface area contributed by atoms with E-state index in [0.717, 1.165) is 51.0 Å². The number of aromatic amines is 3. The Labute approximate surface area is 291 Å². The molecule has 3 aromatic heterocycles. The van der Waals surface area contributed by atoms with Crippen LogP contribution in [-0.4, -0.2) is 52.7 Å². The lowest BCUT2D eigenvalue weighted by molar-refractivity contribution is -0.143. The molecule has 10 nitrogen and oxygen atoms in total. The van der Waals surface area contributed by atoms with Crippen LogP contribution in [0.4, 0.5) is 0 Å². The Morgan fingerprint density at radius 3 is 2.36 bits per heavy atom. The molecule has 0 saturated carbocycles. The van der Waals surface area contributed by atoms with Gasteiger partial charge in [0, 0.05) is 74.3 Å². The number of esters is 2. The van der Waals surface area contributed by atoms with Crippen LogP contribution >= 0.6 is 0 Å². The van der Waals surface area contributed by atoms with Gasteiger partial charge in [0.05, 0.1) is 18.2 Å². The summed E-state index contributed by atoms with van der Waals surface area (Å²) < 4.78 is 10.7. The molecule has 1 saturated heterocycles. The number of methoxy groups -OCH3 is 1. The summed E-state index contributed by atoms with van der Waals surface area (Å²) in [7, 11) is 1.28. The lowest BCUT2D eigenvalue weighted by atomic mass is 9.85. The number of H-pyrrole nitrogens is 3. The Hall–Kier alpha value is -5.38. The topological polar surface area (TPSA) is 146 Å². The maximum atomic E-state index is 14.2. The predicted octanol–water partition coefficient (Wildman–Crippen LogP) is 5.16. The number of hydrogen-bond donors (Lipinski definition) is 4. The van der Waals surface area contributed by atoms with E-state index in [4.69, 9.17) is 9.47 Å². The highest BCUT2D eigenvalue weighted by Crippen LogP contribution is 2.48. The number of carbonyl (C=O) groups excluding carboxylic acids is 4. The molecule has 3 aliphatic rings. The van der Waals surface area contributed by atoms with Gasteiger partial charge in [0.25, 0.3) is 0 Å². The first-order valence-corrected chi connectivity index (χ1v) is 17.0. The molecule has 1 fully saturated rings. The molecule has 0 radical (unpaired) electrons. The van der Waals surface area contributed by atoms with E-state index in [9.17, 15) is 19.2 Å². The monoisotopic (exact) mass is 676 g/mol. The number of aldehydes is 1. The van der Waals surface area contributed by atoms with Gasteiger partial charge in [-0.2, -0.15) is 0 Å². The number of ether oxygens (including phenoxy) is 2. The van der Waals surface area contributed by atoms with Gasteiger partial charge < -0.3 is 29.7 Å². The van der Waals surface area contributed by atoms with E-state index < -0.39 is 11.9 Å². The van der Waals surface area contributed by atoms with Gasteiger partial charge in [-0.3, -0.25) is 19.2 Å². The summed E-state index contributed by atoms with van der Waals surface area (Å²) in [5.74, 6) is -2.88. The average Bonchev–Trinajstić information content (AvgIpc) is 3.83. The van der Waals surface area contributed by atoms with Crippen LogP contribution in [0.1, 0.15) is 106 Å². The highest BCUT2D eigenvalue weighted by Gasteiger charge is 2.48. The number of allylic oxidation sites excluding steroid dienone is 3. The molecule has 260 valence electrons. The first kappa shape index (κ1) is 34.5. The number of hydrogen-bond acceptors (Lipinski definition) is 7. The van der Waals surface area contributed by atoms with Crippen LogP contribution in [0.3, 0.4) is 0 Å². The second-order valence-electron chi connectivity index (χ2n) is 13.5. The minimum absolute atomic E-state index is 0.125. The summed E-state index contributed by atoms with van der Waals surface area (Å²) in [5.41, 5.74) is 10.4. The van der Waals surface area contributed by atoms with Crippen LogP contribution in [0, 0.1) is 31.6 Å².